The number of carbonyl (C=O) groups is 3. The van der Waals surface area contributed by atoms with Crippen LogP contribution in [0.1, 0.15) is 97.2 Å². The van der Waals surface area contributed by atoms with Gasteiger partial charge in [-0.2, -0.15) is 18.3 Å². The normalized spacial score (nSPS) is 21.1. The second-order valence-electron chi connectivity index (χ2n) is 11.1. The molecule has 0 bridgehead atoms. The van der Waals surface area contributed by atoms with Crippen LogP contribution in [0.5, 0.6) is 0 Å². The highest BCUT2D eigenvalue weighted by molar-refractivity contribution is 6.39. The molecule has 2 saturated carbocycles. The lowest BCUT2D eigenvalue weighted by Gasteiger charge is -2.38. The van der Waals surface area contributed by atoms with Crippen molar-refractivity contribution in [2.45, 2.75) is 76.9 Å². The zero-order chi connectivity index (χ0) is 29.2. The van der Waals surface area contributed by atoms with Gasteiger partial charge < -0.3 is 10.0 Å². The maximum Gasteiger partial charge on any atom is 0.433 e. The standard InChI is InChI=1S/C27H31Cl2F3N4O4/c1-26(9-3-2-4-10-26)15-35(14-21(37)22-19(28)12-33-13-20(22)29)24(38)18-11-34-36(23(18)27(30,31)32)17-7-5-16(6-8-17)25(39)40/h11-13,16-17H,2-10,14-15H2,1H3,(H,39,40). The lowest BCUT2D eigenvalue weighted by atomic mass is 9.75. The third kappa shape index (κ3) is 6.62. The summed E-state index contributed by atoms with van der Waals surface area (Å²) in [5.74, 6) is -3.17. The number of hydrogen-bond acceptors (Lipinski definition) is 5. The third-order valence-corrected chi connectivity index (χ3v) is 8.65. The Morgan fingerprint density at radius 1 is 1.05 bits per heavy atom. The molecular weight excluding hydrogens is 572 g/mol. The predicted octanol–water partition coefficient (Wildman–Crippen LogP) is 6.72. The number of pyridine rings is 1. The zero-order valence-corrected chi connectivity index (χ0v) is 23.5. The van der Waals surface area contributed by atoms with E-state index in [9.17, 15) is 32.7 Å². The predicted molar refractivity (Wildman–Crippen MR) is 142 cm³/mol. The van der Waals surface area contributed by atoms with Crippen LogP contribution in [-0.4, -0.2) is 55.5 Å². The number of ketones is 1. The molecular formula is C27H31Cl2F3N4O4. The van der Waals surface area contributed by atoms with Crippen LogP contribution in [0.15, 0.2) is 18.6 Å². The SMILES string of the molecule is CC1(CN(CC(=O)c2c(Cl)cncc2Cl)C(=O)c2cnn(C3CCC(C(=O)O)CC3)c2C(F)(F)F)CCCCC1. The summed E-state index contributed by atoms with van der Waals surface area (Å²) in [5, 5.41) is 13.2. The number of rotatable bonds is 8. The number of hydrogen-bond donors (Lipinski definition) is 1. The number of amides is 1. The van der Waals surface area contributed by atoms with Crippen molar-refractivity contribution >= 4 is 40.9 Å². The molecule has 1 amide bonds. The largest absolute Gasteiger partial charge is 0.481 e. The Morgan fingerprint density at radius 3 is 2.20 bits per heavy atom. The minimum Gasteiger partial charge on any atom is -0.481 e. The molecule has 2 fully saturated rings. The number of carboxylic acids is 1. The summed E-state index contributed by atoms with van der Waals surface area (Å²) < 4.78 is 44.2. The summed E-state index contributed by atoms with van der Waals surface area (Å²) in [4.78, 5) is 43.5. The Morgan fingerprint density at radius 2 is 1.65 bits per heavy atom. The van der Waals surface area contributed by atoms with E-state index < -0.39 is 53.6 Å². The number of carbonyl (C=O) groups excluding carboxylic acids is 2. The Labute approximate surface area is 239 Å². The summed E-state index contributed by atoms with van der Waals surface area (Å²) in [7, 11) is 0. The van der Waals surface area contributed by atoms with Gasteiger partial charge in [0.1, 0.15) is 0 Å². The van der Waals surface area contributed by atoms with E-state index in [1.165, 1.54) is 12.4 Å². The molecule has 0 radical (unpaired) electrons. The van der Waals surface area contributed by atoms with E-state index in [4.69, 9.17) is 23.2 Å². The van der Waals surface area contributed by atoms with Crippen LogP contribution in [-0.2, 0) is 11.0 Å². The van der Waals surface area contributed by atoms with Gasteiger partial charge in [-0.3, -0.25) is 24.0 Å². The highest BCUT2D eigenvalue weighted by atomic mass is 35.5. The van der Waals surface area contributed by atoms with Gasteiger partial charge in [0.25, 0.3) is 5.91 Å². The maximum absolute atomic E-state index is 14.5. The third-order valence-electron chi connectivity index (χ3n) is 8.07. The van der Waals surface area contributed by atoms with Crippen molar-refractivity contribution in [1.82, 2.24) is 19.7 Å². The van der Waals surface area contributed by atoms with Crippen molar-refractivity contribution in [1.29, 1.82) is 0 Å². The smallest absolute Gasteiger partial charge is 0.433 e. The Balaban J connectivity index is 1.69. The average Bonchev–Trinajstić information content (AvgIpc) is 3.34. The van der Waals surface area contributed by atoms with E-state index >= 15 is 0 Å². The van der Waals surface area contributed by atoms with Crippen LogP contribution in [0.4, 0.5) is 13.2 Å². The van der Waals surface area contributed by atoms with E-state index in [0.717, 1.165) is 47.9 Å². The van der Waals surface area contributed by atoms with Gasteiger partial charge in [0.15, 0.2) is 11.5 Å². The number of carboxylic acid groups (broad SMARTS) is 1. The van der Waals surface area contributed by atoms with Gasteiger partial charge in [-0.25, -0.2) is 0 Å². The van der Waals surface area contributed by atoms with E-state index in [1.807, 2.05) is 6.92 Å². The average molecular weight is 603 g/mol. The van der Waals surface area contributed by atoms with Gasteiger partial charge in [-0.15, -0.1) is 0 Å². The molecule has 2 aliphatic carbocycles. The summed E-state index contributed by atoms with van der Waals surface area (Å²) in [6.45, 7) is 1.52. The van der Waals surface area contributed by atoms with Crippen LogP contribution in [0.2, 0.25) is 10.0 Å². The van der Waals surface area contributed by atoms with Gasteiger partial charge in [0.05, 0.1) is 45.9 Å². The van der Waals surface area contributed by atoms with Crippen molar-refractivity contribution < 1.29 is 32.7 Å². The molecule has 0 aliphatic heterocycles. The van der Waals surface area contributed by atoms with Crippen molar-refractivity contribution in [3.8, 4) is 0 Å². The molecule has 0 aromatic carbocycles. The first-order valence-corrected chi connectivity index (χ1v) is 14.1. The molecule has 2 aliphatic rings. The molecule has 13 heteroatoms. The highest BCUT2D eigenvalue weighted by Gasteiger charge is 2.44. The van der Waals surface area contributed by atoms with Gasteiger partial charge in [0, 0.05) is 18.9 Å². The monoisotopic (exact) mass is 602 g/mol. The fourth-order valence-electron chi connectivity index (χ4n) is 5.97. The number of nitrogens with zero attached hydrogens (tertiary/aromatic N) is 4. The molecule has 0 atom stereocenters. The molecule has 218 valence electrons. The number of halogens is 5. The lowest BCUT2D eigenvalue weighted by Crippen LogP contribution is -2.44. The van der Waals surface area contributed by atoms with Crippen LogP contribution in [0.3, 0.4) is 0 Å². The topological polar surface area (TPSA) is 105 Å². The Hall–Kier alpha value is -2.66. The number of aliphatic carboxylic acids is 1. The molecule has 0 unspecified atom stereocenters. The van der Waals surface area contributed by atoms with Gasteiger partial charge >= 0.3 is 12.1 Å². The second-order valence-corrected chi connectivity index (χ2v) is 11.9. The molecule has 0 saturated heterocycles. The first-order valence-electron chi connectivity index (χ1n) is 13.3. The second kappa shape index (κ2) is 12.1. The van der Waals surface area contributed by atoms with E-state index in [0.29, 0.717) is 0 Å². The van der Waals surface area contributed by atoms with Crippen LogP contribution in [0.25, 0.3) is 0 Å². The Bertz CT molecular complexity index is 1250. The first-order chi connectivity index (χ1) is 18.8. The molecule has 2 aromatic heterocycles. The van der Waals surface area contributed by atoms with Crippen molar-refractivity contribution in [2.75, 3.05) is 13.1 Å². The summed E-state index contributed by atoms with van der Waals surface area (Å²) in [6.07, 6.45) is 3.66. The fourth-order valence-corrected chi connectivity index (χ4v) is 6.55. The minimum absolute atomic E-state index is 0.0189. The zero-order valence-electron chi connectivity index (χ0n) is 22.0. The Kier molecular flexibility index (Phi) is 9.14. The minimum atomic E-state index is -4.91. The van der Waals surface area contributed by atoms with E-state index in [1.54, 1.807) is 0 Å². The van der Waals surface area contributed by atoms with Gasteiger partial charge in [-0.05, 0) is 43.9 Å². The van der Waals surface area contributed by atoms with Gasteiger partial charge in [-0.1, -0.05) is 49.4 Å². The molecule has 0 spiro atoms. The van der Waals surface area contributed by atoms with Crippen molar-refractivity contribution in [3.05, 3.63) is 45.5 Å². The number of aromatic nitrogens is 3. The maximum atomic E-state index is 14.5. The van der Waals surface area contributed by atoms with Crippen LogP contribution >= 0.6 is 23.2 Å². The molecule has 4 rings (SSSR count). The first kappa shape index (κ1) is 30.3. The quantitative estimate of drug-likeness (QED) is 0.336. The van der Waals surface area contributed by atoms with E-state index in [2.05, 4.69) is 10.1 Å². The summed E-state index contributed by atoms with van der Waals surface area (Å²) in [6, 6.07) is -0.700. The number of alkyl halides is 3. The summed E-state index contributed by atoms with van der Waals surface area (Å²) >= 11 is 12.3. The lowest BCUT2D eigenvalue weighted by molar-refractivity contribution is -0.147. The fraction of sp³-hybridized carbons (Fsp3) is 0.593. The molecule has 8 nitrogen and oxygen atoms in total. The van der Waals surface area contributed by atoms with E-state index in [-0.39, 0.29) is 53.3 Å². The van der Waals surface area contributed by atoms with Crippen molar-refractivity contribution in [2.24, 2.45) is 11.3 Å². The van der Waals surface area contributed by atoms with Crippen molar-refractivity contribution in [3.63, 3.8) is 0 Å². The van der Waals surface area contributed by atoms with Crippen LogP contribution in [0, 0.1) is 11.3 Å². The molecule has 1 N–H and O–H groups in total. The highest BCUT2D eigenvalue weighted by Crippen LogP contribution is 2.41. The molecule has 2 heterocycles. The van der Waals surface area contributed by atoms with Gasteiger partial charge in [0.2, 0.25) is 0 Å². The summed E-state index contributed by atoms with van der Waals surface area (Å²) in [5.41, 5.74) is -2.27. The number of Topliss-reactive ketones (excluding diaryl/α,β-unsaturated/α-hetero) is 1. The molecule has 2 aromatic rings. The van der Waals surface area contributed by atoms with Crippen LogP contribution < -0.4 is 0 Å². The molecule has 40 heavy (non-hydrogen) atoms.